The van der Waals surface area contributed by atoms with Crippen LogP contribution in [0.2, 0.25) is 0 Å². The maximum Gasteiger partial charge on any atom is 0.220 e. The van der Waals surface area contributed by atoms with Gasteiger partial charge in [-0.2, -0.15) is 0 Å². The molecule has 1 amide bonds. The van der Waals surface area contributed by atoms with Crippen LogP contribution in [0, 0.1) is 6.92 Å². The first-order chi connectivity index (χ1) is 13.2. The lowest BCUT2D eigenvalue weighted by atomic mass is 10.1. The molecule has 5 nitrogen and oxygen atoms in total. The number of nitrogens with one attached hydrogen (secondary N) is 2. The number of aryl methyl sites for hydroxylation is 2. The summed E-state index contributed by atoms with van der Waals surface area (Å²) in [5.41, 5.74) is 4.55. The molecule has 140 valence electrons. The van der Waals surface area contributed by atoms with Gasteiger partial charge in [-0.15, -0.1) is 0 Å². The normalized spacial score (nSPS) is 12.9. The second-order valence-corrected chi connectivity index (χ2v) is 6.98. The molecule has 0 atom stereocenters. The van der Waals surface area contributed by atoms with Crippen LogP contribution in [0.5, 0.6) is 11.5 Å². The van der Waals surface area contributed by atoms with Gasteiger partial charge in [-0.3, -0.25) is 4.79 Å². The summed E-state index contributed by atoms with van der Waals surface area (Å²) in [6.45, 7) is 3.79. The highest BCUT2D eigenvalue weighted by molar-refractivity contribution is 5.81. The second kappa shape index (κ2) is 7.74. The van der Waals surface area contributed by atoms with Crippen molar-refractivity contribution in [2.24, 2.45) is 0 Å². The Balaban J connectivity index is 1.24. The lowest BCUT2D eigenvalue weighted by Crippen LogP contribution is -2.22. The van der Waals surface area contributed by atoms with E-state index in [0.717, 1.165) is 41.1 Å². The van der Waals surface area contributed by atoms with Gasteiger partial charge in [-0.25, -0.2) is 0 Å². The van der Waals surface area contributed by atoms with Crippen LogP contribution in [0.4, 0.5) is 0 Å². The summed E-state index contributed by atoms with van der Waals surface area (Å²) in [7, 11) is 0. The topological polar surface area (TPSA) is 63.4 Å². The van der Waals surface area contributed by atoms with E-state index in [1.165, 1.54) is 10.9 Å². The molecule has 1 aromatic heterocycles. The van der Waals surface area contributed by atoms with Crippen molar-refractivity contribution in [2.45, 2.75) is 32.7 Å². The highest BCUT2D eigenvalue weighted by Gasteiger charge is 2.12. The number of H-pyrrole nitrogens is 1. The van der Waals surface area contributed by atoms with Crippen LogP contribution in [0.15, 0.2) is 42.5 Å². The number of rotatable bonds is 6. The van der Waals surface area contributed by atoms with Gasteiger partial charge >= 0.3 is 0 Å². The summed E-state index contributed by atoms with van der Waals surface area (Å²) in [5, 5.41) is 4.19. The zero-order valence-electron chi connectivity index (χ0n) is 15.5. The molecule has 2 heterocycles. The third kappa shape index (κ3) is 4.25. The van der Waals surface area contributed by atoms with E-state index in [1.807, 2.05) is 31.2 Å². The number of benzene rings is 2. The van der Waals surface area contributed by atoms with E-state index in [2.05, 4.69) is 28.5 Å². The molecular weight excluding hydrogens is 340 g/mol. The minimum Gasteiger partial charge on any atom is -0.486 e. The number of aromatic amines is 1. The Morgan fingerprint density at radius 1 is 1.04 bits per heavy atom. The Morgan fingerprint density at radius 2 is 1.85 bits per heavy atom. The number of fused-ring (bicyclic) bond motifs is 2. The van der Waals surface area contributed by atoms with Gasteiger partial charge in [0.15, 0.2) is 11.5 Å². The zero-order valence-corrected chi connectivity index (χ0v) is 15.5. The van der Waals surface area contributed by atoms with E-state index in [0.29, 0.717) is 26.2 Å². The SMILES string of the molecule is Cc1cc2cc(CNC(=O)CCCc3ccc4c(c3)OCCO4)ccc2[nH]1. The first-order valence-electron chi connectivity index (χ1n) is 9.41. The van der Waals surface area contributed by atoms with Crippen molar-refractivity contribution < 1.29 is 14.3 Å². The third-order valence-corrected chi connectivity index (χ3v) is 4.79. The minimum absolute atomic E-state index is 0.0814. The van der Waals surface area contributed by atoms with Crippen molar-refractivity contribution >= 4 is 16.8 Å². The van der Waals surface area contributed by atoms with Crippen molar-refractivity contribution in [1.82, 2.24) is 10.3 Å². The summed E-state index contributed by atoms with van der Waals surface area (Å²) in [6.07, 6.45) is 2.17. The Bertz CT molecular complexity index is 961. The van der Waals surface area contributed by atoms with Gasteiger partial charge in [-0.1, -0.05) is 12.1 Å². The van der Waals surface area contributed by atoms with E-state index in [4.69, 9.17) is 9.47 Å². The Hall–Kier alpha value is -2.95. The molecule has 0 aliphatic carbocycles. The highest BCUT2D eigenvalue weighted by atomic mass is 16.6. The lowest BCUT2D eigenvalue weighted by molar-refractivity contribution is -0.121. The minimum atomic E-state index is 0.0814. The lowest BCUT2D eigenvalue weighted by Gasteiger charge is -2.18. The molecule has 0 spiro atoms. The predicted molar refractivity (Wildman–Crippen MR) is 105 cm³/mol. The van der Waals surface area contributed by atoms with Gasteiger partial charge in [0.05, 0.1) is 0 Å². The summed E-state index contributed by atoms with van der Waals surface area (Å²) in [5.74, 6) is 1.69. The van der Waals surface area contributed by atoms with E-state index in [9.17, 15) is 4.79 Å². The van der Waals surface area contributed by atoms with E-state index in [-0.39, 0.29) is 5.91 Å². The van der Waals surface area contributed by atoms with E-state index < -0.39 is 0 Å². The van der Waals surface area contributed by atoms with Crippen LogP contribution in [-0.4, -0.2) is 24.1 Å². The largest absolute Gasteiger partial charge is 0.486 e. The molecule has 27 heavy (non-hydrogen) atoms. The fraction of sp³-hybridized carbons (Fsp3) is 0.318. The molecule has 0 saturated carbocycles. The smallest absolute Gasteiger partial charge is 0.220 e. The fourth-order valence-electron chi connectivity index (χ4n) is 3.42. The van der Waals surface area contributed by atoms with Gasteiger partial charge in [0, 0.05) is 24.2 Å². The number of hydrogen-bond acceptors (Lipinski definition) is 3. The Kier molecular flexibility index (Phi) is 5.01. The standard InChI is InChI=1S/C22H24N2O3/c1-15-11-18-12-17(5-7-19(18)24-15)14-23-22(25)4-2-3-16-6-8-20-21(13-16)27-10-9-26-20/h5-8,11-13,24H,2-4,9-10,14H2,1H3,(H,23,25). The monoisotopic (exact) mass is 364 g/mol. The molecule has 2 N–H and O–H groups in total. The molecule has 0 radical (unpaired) electrons. The first-order valence-corrected chi connectivity index (χ1v) is 9.41. The van der Waals surface area contributed by atoms with Gasteiger partial charge in [0.1, 0.15) is 13.2 Å². The van der Waals surface area contributed by atoms with Gasteiger partial charge < -0.3 is 19.8 Å². The van der Waals surface area contributed by atoms with Crippen molar-refractivity contribution in [3.8, 4) is 11.5 Å². The van der Waals surface area contributed by atoms with Gasteiger partial charge in [-0.05, 0) is 66.6 Å². The maximum absolute atomic E-state index is 12.1. The van der Waals surface area contributed by atoms with E-state index >= 15 is 0 Å². The molecule has 4 rings (SSSR count). The van der Waals surface area contributed by atoms with Crippen LogP contribution in [0.1, 0.15) is 29.7 Å². The summed E-state index contributed by atoms with van der Waals surface area (Å²) in [4.78, 5) is 15.5. The zero-order chi connectivity index (χ0) is 18.6. The average molecular weight is 364 g/mol. The van der Waals surface area contributed by atoms with Crippen molar-refractivity contribution in [3.05, 3.63) is 59.3 Å². The molecule has 3 aromatic rings. The molecule has 0 unspecified atom stereocenters. The van der Waals surface area contributed by atoms with Crippen LogP contribution in [0.3, 0.4) is 0 Å². The number of amides is 1. The number of carbonyl (C=O) groups excluding carboxylic acids is 1. The number of aromatic nitrogens is 1. The molecule has 1 aliphatic rings. The molecular formula is C22H24N2O3. The molecule has 1 aliphatic heterocycles. The number of ether oxygens (including phenoxy) is 2. The van der Waals surface area contributed by atoms with Crippen LogP contribution >= 0.6 is 0 Å². The molecule has 0 fully saturated rings. The molecule has 2 aromatic carbocycles. The Labute approximate surface area is 158 Å². The van der Waals surface area contributed by atoms with Crippen LogP contribution in [0.25, 0.3) is 10.9 Å². The first kappa shape index (κ1) is 17.5. The molecule has 5 heteroatoms. The third-order valence-electron chi connectivity index (χ3n) is 4.79. The summed E-state index contributed by atoms with van der Waals surface area (Å²) >= 11 is 0. The summed E-state index contributed by atoms with van der Waals surface area (Å²) in [6, 6.07) is 14.4. The van der Waals surface area contributed by atoms with E-state index in [1.54, 1.807) is 0 Å². The van der Waals surface area contributed by atoms with Crippen molar-refractivity contribution in [1.29, 1.82) is 0 Å². The summed E-state index contributed by atoms with van der Waals surface area (Å²) < 4.78 is 11.1. The molecule has 0 saturated heterocycles. The van der Waals surface area contributed by atoms with Crippen molar-refractivity contribution in [3.63, 3.8) is 0 Å². The average Bonchev–Trinajstić information content (AvgIpc) is 3.05. The predicted octanol–water partition coefficient (Wildman–Crippen LogP) is 3.89. The number of carbonyl (C=O) groups is 1. The molecule has 0 bridgehead atoms. The Morgan fingerprint density at radius 3 is 2.74 bits per heavy atom. The fourth-order valence-corrected chi connectivity index (χ4v) is 3.42. The quantitative estimate of drug-likeness (QED) is 0.698. The number of hydrogen-bond donors (Lipinski definition) is 2. The highest BCUT2D eigenvalue weighted by Crippen LogP contribution is 2.31. The second-order valence-electron chi connectivity index (χ2n) is 6.98. The van der Waals surface area contributed by atoms with Gasteiger partial charge in [0.25, 0.3) is 0 Å². The van der Waals surface area contributed by atoms with Gasteiger partial charge in [0.2, 0.25) is 5.91 Å². The van der Waals surface area contributed by atoms with Crippen molar-refractivity contribution in [2.75, 3.05) is 13.2 Å². The van der Waals surface area contributed by atoms with Crippen LogP contribution in [-0.2, 0) is 17.8 Å². The van der Waals surface area contributed by atoms with Crippen LogP contribution < -0.4 is 14.8 Å². The maximum atomic E-state index is 12.1.